The highest BCUT2D eigenvalue weighted by atomic mass is 16.2. The lowest BCUT2D eigenvalue weighted by Gasteiger charge is -2.25. The van der Waals surface area contributed by atoms with Gasteiger partial charge in [-0.1, -0.05) is 42.5 Å². The molecule has 1 atom stereocenters. The van der Waals surface area contributed by atoms with Crippen LogP contribution in [-0.2, 0) is 11.2 Å². The van der Waals surface area contributed by atoms with Crippen LogP contribution < -0.4 is 5.73 Å². The van der Waals surface area contributed by atoms with E-state index in [9.17, 15) is 4.79 Å². The van der Waals surface area contributed by atoms with Gasteiger partial charge in [-0.3, -0.25) is 4.79 Å². The van der Waals surface area contributed by atoms with Crippen LogP contribution in [-0.4, -0.2) is 17.4 Å². The summed E-state index contributed by atoms with van der Waals surface area (Å²) in [6.07, 6.45) is 2.58. The quantitative estimate of drug-likeness (QED) is 0.878. The van der Waals surface area contributed by atoms with Crippen LogP contribution in [0.2, 0.25) is 0 Å². The van der Waals surface area contributed by atoms with Crippen molar-refractivity contribution in [3.05, 3.63) is 65.7 Å². The molecule has 0 spiro atoms. The first-order chi connectivity index (χ1) is 10.2. The van der Waals surface area contributed by atoms with Gasteiger partial charge in [-0.05, 0) is 36.1 Å². The van der Waals surface area contributed by atoms with Crippen molar-refractivity contribution in [3.8, 4) is 0 Å². The lowest BCUT2D eigenvalue weighted by atomic mass is 10.0. The Hall–Kier alpha value is -2.29. The summed E-state index contributed by atoms with van der Waals surface area (Å²) in [5, 5.41) is 0. The lowest BCUT2D eigenvalue weighted by molar-refractivity contribution is -0.131. The lowest BCUT2D eigenvalue weighted by Crippen LogP contribution is -2.31. The topological polar surface area (TPSA) is 46.3 Å². The Balaban J connectivity index is 1.73. The van der Waals surface area contributed by atoms with Crippen molar-refractivity contribution < 1.29 is 4.79 Å². The minimum Gasteiger partial charge on any atom is -0.399 e. The molecule has 3 nitrogen and oxygen atoms in total. The third-order valence-electron chi connectivity index (χ3n) is 4.09. The zero-order valence-corrected chi connectivity index (χ0v) is 12.0. The molecule has 2 aromatic carbocycles. The molecule has 0 radical (unpaired) electrons. The fraction of sp³-hybridized carbons (Fsp3) is 0.278. The molecule has 1 heterocycles. The van der Waals surface area contributed by atoms with E-state index in [1.165, 1.54) is 5.56 Å². The summed E-state index contributed by atoms with van der Waals surface area (Å²) in [5.74, 6) is 0.200. The molecule has 2 aromatic rings. The molecular formula is C18H20N2O. The van der Waals surface area contributed by atoms with Gasteiger partial charge in [0.2, 0.25) is 5.91 Å². The van der Waals surface area contributed by atoms with Crippen LogP contribution in [0.5, 0.6) is 0 Å². The number of nitrogens with two attached hydrogens (primary N) is 1. The summed E-state index contributed by atoms with van der Waals surface area (Å²) in [6, 6.07) is 18.1. The van der Waals surface area contributed by atoms with Gasteiger partial charge in [0.1, 0.15) is 0 Å². The van der Waals surface area contributed by atoms with E-state index in [1.807, 2.05) is 47.4 Å². The number of carbonyl (C=O) groups is 1. The number of rotatable bonds is 3. The molecule has 1 saturated heterocycles. The molecule has 1 aliphatic rings. The molecule has 3 rings (SSSR count). The van der Waals surface area contributed by atoms with Crippen LogP contribution in [0, 0.1) is 0 Å². The SMILES string of the molecule is Nc1ccc(CC(=O)N2CCCC2c2ccccc2)cc1. The zero-order valence-electron chi connectivity index (χ0n) is 12.0. The van der Waals surface area contributed by atoms with Gasteiger partial charge in [-0.15, -0.1) is 0 Å². The maximum absolute atomic E-state index is 12.6. The second-order valence-electron chi connectivity index (χ2n) is 5.57. The number of benzene rings is 2. The number of amides is 1. The zero-order chi connectivity index (χ0) is 14.7. The summed E-state index contributed by atoms with van der Waals surface area (Å²) in [4.78, 5) is 14.6. The second kappa shape index (κ2) is 6.00. The maximum atomic E-state index is 12.6. The number of hydrogen-bond acceptors (Lipinski definition) is 2. The number of nitrogen functional groups attached to an aromatic ring is 1. The summed E-state index contributed by atoms with van der Waals surface area (Å²) >= 11 is 0. The van der Waals surface area contributed by atoms with E-state index in [0.29, 0.717) is 6.42 Å². The third-order valence-corrected chi connectivity index (χ3v) is 4.09. The van der Waals surface area contributed by atoms with Crippen LogP contribution in [0.1, 0.15) is 30.0 Å². The van der Waals surface area contributed by atoms with Crippen molar-refractivity contribution >= 4 is 11.6 Å². The first-order valence-corrected chi connectivity index (χ1v) is 7.43. The van der Waals surface area contributed by atoms with Gasteiger partial charge in [-0.2, -0.15) is 0 Å². The monoisotopic (exact) mass is 280 g/mol. The van der Waals surface area contributed by atoms with E-state index in [0.717, 1.165) is 30.6 Å². The van der Waals surface area contributed by atoms with Crippen molar-refractivity contribution in [2.75, 3.05) is 12.3 Å². The molecule has 3 heteroatoms. The molecule has 1 amide bonds. The average Bonchev–Trinajstić information content (AvgIpc) is 3.00. The standard InChI is InChI=1S/C18H20N2O/c19-16-10-8-14(9-11-16)13-18(21)20-12-4-7-17(20)15-5-2-1-3-6-15/h1-3,5-6,8-11,17H,4,7,12-13,19H2. The fourth-order valence-electron chi connectivity index (χ4n) is 3.00. The summed E-state index contributed by atoms with van der Waals surface area (Å²) in [7, 11) is 0. The Morgan fingerprint density at radius 2 is 1.81 bits per heavy atom. The number of carbonyl (C=O) groups excluding carboxylic acids is 1. The van der Waals surface area contributed by atoms with Gasteiger partial charge in [0, 0.05) is 12.2 Å². The number of anilines is 1. The Bertz CT molecular complexity index is 607. The van der Waals surface area contributed by atoms with Crippen molar-refractivity contribution in [2.45, 2.75) is 25.3 Å². The van der Waals surface area contributed by atoms with Gasteiger partial charge in [-0.25, -0.2) is 0 Å². The molecule has 21 heavy (non-hydrogen) atoms. The predicted molar refractivity (Wildman–Crippen MR) is 84.7 cm³/mol. The highest BCUT2D eigenvalue weighted by molar-refractivity contribution is 5.79. The van der Waals surface area contributed by atoms with Crippen LogP contribution in [0.4, 0.5) is 5.69 Å². The molecule has 0 bridgehead atoms. The molecule has 1 fully saturated rings. The Kier molecular flexibility index (Phi) is 3.91. The van der Waals surface area contributed by atoms with E-state index in [2.05, 4.69) is 12.1 Å². The minimum atomic E-state index is 0.200. The first kappa shape index (κ1) is 13.7. The summed E-state index contributed by atoms with van der Waals surface area (Å²) in [5.41, 5.74) is 8.67. The molecule has 2 N–H and O–H groups in total. The van der Waals surface area contributed by atoms with Crippen LogP contribution in [0.25, 0.3) is 0 Å². The fourth-order valence-corrected chi connectivity index (χ4v) is 3.00. The Labute approximate surface area is 125 Å². The smallest absolute Gasteiger partial charge is 0.227 e. The Morgan fingerprint density at radius 1 is 1.10 bits per heavy atom. The van der Waals surface area contributed by atoms with Crippen LogP contribution >= 0.6 is 0 Å². The molecule has 0 saturated carbocycles. The minimum absolute atomic E-state index is 0.200. The molecule has 0 aliphatic carbocycles. The van der Waals surface area contributed by atoms with Crippen LogP contribution in [0.3, 0.4) is 0 Å². The first-order valence-electron chi connectivity index (χ1n) is 7.43. The molecule has 0 aromatic heterocycles. The highest BCUT2D eigenvalue weighted by Crippen LogP contribution is 2.32. The summed E-state index contributed by atoms with van der Waals surface area (Å²) in [6.45, 7) is 0.855. The largest absolute Gasteiger partial charge is 0.399 e. The van der Waals surface area contributed by atoms with Gasteiger partial charge in [0.05, 0.1) is 12.5 Å². The average molecular weight is 280 g/mol. The van der Waals surface area contributed by atoms with Gasteiger partial charge in [0.25, 0.3) is 0 Å². The Morgan fingerprint density at radius 3 is 2.52 bits per heavy atom. The van der Waals surface area contributed by atoms with E-state index < -0.39 is 0 Å². The van der Waals surface area contributed by atoms with Gasteiger partial charge >= 0.3 is 0 Å². The van der Waals surface area contributed by atoms with Crippen molar-refractivity contribution in [2.24, 2.45) is 0 Å². The molecule has 1 aliphatic heterocycles. The predicted octanol–water partition coefficient (Wildman–Crippen LogP) is 3.18. The van der Waals surface area contributed by atoms with E-state index in [-0.39, 0.29) is 11.9 Å². The van der Waals surface area contributed by atoms with E-state index in [4.69, 9.17) is 5.73 Å². The van der Waals surface area contributed by atoms with Crippen molar-refractivity contribution in [3.63, 3.8) is 0 Å². The normalized spacial score (nSPS) is 17.9. The number of nitrogens with zero attached hydrogens (tertiary/aromatic N) is 1. The number of hydrogen-bond donors (Lipinski definition) is 1. The van der Waals surface area contributed by atoms with E-state index in [1.54, 1.807) is 0 Å². The summed E-state index contributed by atoms with van der Waals surface area (Å²) < 4.78 is 0. The maximum Gasteiger partial charge on any atom is 0.227 e. The van der Waals surface area contributed by atoms with Crippen molar-refractivity contribution in [1.29, 1.82) is 0 Å². The second-order valence-corrected chi connectivity index (χ2v) is 5.57. The third kappa shape index (κ3) is 3.07. The van der Waals surface area contributed by atoms with Gasteiger partial charge < -0.3 is 10.6 Å². The van der Waals surface area contributed by atoms with Crippen LogP contribution in [0.15, 0.2) is 54.6 Å². The molecular weight excluding hydrogens is 260 g/mol. The van der Waals surface area contributed by atoms with E-state index >= 15 is 0 Å². The molecule has 1 unspecified atom stereocenters. The molecule has 108 valence electrons. The number of likely N-dealkylation sites (tertiary alicyclic amines) is 1. The van der Waals surface area contributed by atoms with Crippen molar-refractivity contribution in [1.82, 2.24) is 4.90 Å². The van der Waals surface area contributed by atoms with Gasteiger partial charge in [0.15, 0.2) is 0 Å². The highest BCUT2D eigenvalue weighted by Gasteiger charge is 2.29.